The second kappa shape index (κ2) is 8.63. The van der Waals surface area contributed by atoms with Crippen molar-refractivity contribution in [3.63, 3.8) is 0 Å². The minimum atomic E-state index is -0.960. The van der Waals surface area contributed by atoms with Crippen molar-refractivity contribution in [2.24, 2.45) is 0 Å². The van der Waals surface area contributed by atoms with E-state index in [1.54, 1.807) is 12.0 Å². The number of nitrogens with zero attached hydrogens (tertiary/aromatic N) is 1. The maximum absolute atomic E-state index is 12.9. The molecule has 0 bridgehead atoms. The summed E-state index contributed by atoms with van der Waals surface area (Å²) < 4.78 is 11.1. The summed E-state index contributed by atoms with van der Waals surface area (Å²) in [4.78, 5) is 14.6. The monoisotopic (exact) mass is 385 g/mol. The van der Waals surface area contributed by atoms with Gasteiger partial charge in [-0.3, -0.25) is 0 Å². The molecule has 1 aliphatic heterocycles. The van der Waals surface area contributed by atoms with Crippen LogP contribution in [-0.2, 0) is 10.3 Å². The van der Waals surface area contributed by atoms with Gasteiger partial charge in [0.1, 0.15) is 11.4 Å². The molecule has 2 aromatic rings. The smallest absolute Gasteiger partial charge is 0.411 e. The Morgan fingerprint density at radius 3 is 2.43 bits per heavy atom. The summed E-state index contributed by atoms with van der Waals surface area (Å²) in [5, 5.41) is 19.4. The molecule has 6 nitrogen and oxygen atoms in total. The number of rotatable bonds is 7. The quantitative estimate of drug-likeness (QED) is 0.765. The minimum absolute atomic E-state index is 0.157. The van der Waals surface area contributed by atoms with Crippen LogP contribution in [-0.4, -0.2) is 47.6 Å². The van der Waals surface area contributed by atoms with Crippen molar-refractivity contribution in [2.45, 2.75) is 37.5 Å². The zero-order valence-corrected chi connectivity index (χ0v) is 16.2. The van der Waals surface area contributed by atoms with Gasteiger partial charge in [-0.2, -0.15) is 0 Å². The van der Waals surface area contributed by atoms with Crippen molar-refractivity contribution in [1.29, 1.82) is 0 Å². The molecule has 0 unspecified atom stereocenters. The average molecular weight is 385 g/mol. The third-order valence-electron chi connectivity index (χ3n) is 5.42. The highest BCUT2D eigenvalue weighted by molar-refractivity contribution is 5.70. The topological polar surface area (TPSA) is 79.2 Å². The number of aliphatic hydroxyl groups excluding tert-OH is 2. The predicted molar refractivity (Wildman–Crippen MR) is 105 cm³/mol. The number of carbonyl (C=O) groups excluding carboxylic acids is 1. The molecule has 0 aromatic heterocycles. The molecule has 1 amide bonds. The zero-order chi connectivity index (χ0) is 20.1. The third kappa shape index (κ3) is 4.13. The highest BCUT2D eigenvalue weighted by Gasteiger charge is 2.44. The number of hydrogen-bond donors (Lipinski definition) is 2. The fourth-order valence-corrected chi connectivity index (χ4v) is 3.74. The summed E-state index contributed by atoms with van der Waals surface area (Å²) in [5.41, 5.74) is 0.865. The number of ether oxygens (including phenoxy) is 2. The van der Waals surface area contributed by atoms with Gasteiger partial charge in [-0.05, 0) is 30.2 Å². The molecule has 3 atom stereocenters. The Morgan fingerprint density at radius 1 is 1.18 bits per heavy atom. The molecule has 2 aromatic carbocycles. The Kier molecular flexibility index (Phi) is 6.21. The van der Waals surface area contributed by atoms with Crippen LogP contribution in [0.5, 0.6) is 5.75 Å². The van der Waals surface area contributed by atoms with Gasteiger partial charge in [0.05, 0.1) is 25.9 Å². The molecule has 0 radical (unpaired) electrons. The molecule has 0 aliphatic carbocycles. The molecule has 1 fully saturated rings. The third-order valence-corrected chi connectivity index (χ3v) is 5.42. The lowest BCUT2D eigenvalue weighted by Crippen LogP contribution is -2.50. The summed E-state index contributed by atoms with van der Waals surface area (Å²) in [5.74, 6) is 0.762. The Morgan fingerprint density at radius 2 is 1.86 bits per heavy atom. The van der Waals surface area contributed by atoms with Gasteiger partial charge in [0.25, 0.3) is 0 Å². The molecule has 3 rings (SSSR count). The van der Waals surface area contributed by atoms with Gasteiger partial charge < -0.3 is 24.6 Å². The van der Waals surface area contributed by atoms with Gasteiger partial charge in [0.15, 0.2) is 0 Å². The number of amides is 1. The van der Waals surface area contributed by atoms with Crippen LogP contribution < -0.4 is 4.74 Å². The molecule has 28 heavy (non-hydrogen) atoms. The summed E-state index contributed by atoms with van der Waals surface area (Å²) in [7, 11) is 1.62. The van der Waals surface area contributed by atoms with E-state index in [9.17, 15) is 15.0 Å². The van der Waals surface area contributed by atoms with E-state index in [0.29, 0.717) is 13.0 Å². The van der Waals surface area contributed by atoms with E-state index in [1.807, 2.05) is 61.5 Å². The predicted octanol–water partition coefficient (Wildman–Crippen LogP) is 3.24. The summed E-state index contributed by atoms with van der Waals surface area (Å²) in [6.45, 7) is 2.07. The maximum atomic E-state index is 12.9. The van der Waals surface area contributed by atoms with E-state index in [1.165, 1.54) is 0 Å². The van der Waals surface area contributed by atoms with Crippen LogP contribution >= 0.6 is 0 Å². The summed E-state index contributed by atoms with van der Waals surface area (Å²) in [6, 6.07) is 16.9. The van der Waals surface area contributed by atoms with Gasteiger partial charge in [-0.15, -0.1) is 0 Å². The average Bonchev–Trinajstić information content (AvgIpc) is 2.74. The highest BCUT2D eigenvalue weighted by Crippen LogP contribution is 2.40. The number of cyclic esters (lactones) is 1. The first-order valence-corrected chi connectivity index (χ1v) is 9.47. The SMILES string of the molecule is COc1ccc([C@H](C)N2CC[C@](C[C@@H](O)CO)(c3ccccc3)OC2=O)cc1. The normalized spacial score (nSPS) is 21.7. The second-order valence-corrected chi connectivity index (χ2v) is 7.16. The van der Waals surface area contributed by atoms with E-state index < -0.39 is 17.8 Å². The van der Waals surface area contributed by atoms with E-state index in [2.05, 4.69) is 0 Å². The molecule has 6 heteroatoms. The van der Waals surface area contributed by atoms with E-state index in [-0.39, 0.29) is 19.1 Å². The molecular weight excluding hydrogens is 358 g/mol. The Hall–Kier alpha value is -2.57. The van der Waals surface area contributed by atoms with Crippen molar-refractivity contribution >= 4 is 6.09 Å². The number of aliphatic hydroxyl groups is 2. The van der Waals surface area contributed by atoms with Gasteiger partial charge in [0, 0.05) is 19.4 Å². The largest absolute Gasteiger partial charge is 0.497 e. The van der Waals surface area contributed by atoms with Crippen molar-refractivity contribution in [2.75, 3.05) is 20.3 Å². The Labute approximate surface area is 165 Å². The first kappa shape index (κ1) is 20.2. The van der Waals surface area contributed by atoms with Crippen molar-refractivity contribution in [1.82, 2.24) is 4.90 Å². The Balaban J connectivity index is 1.81. The lowest BCUT2D eigenvalue weighted by atomic mass is 9.83. The first-order chi connectivity index (χ1) is 13.5. The van der Waals surface area contributed by atoms with Gasteiger partial charge in [-0.1, -0.05) is 42.5 Å². The van der Waals surface area contributed by atoms with Crippen molar-refractivity contribution in [3.05, 3.63) is 65.7 Å². The minimum Gasteiger partial charge on any atom is -0.497 e. The Bertz CT molecular complexity index is 779. The fraction of sp³-hybridized carbons (Fsp3) is 0.409. The molecule has 0 saturated carbocycles. The summed E-state index contributed by atoms with van der Waals surface area (Å²) in [6.07, 6.45) is -0.702. The van der Waals surface area contributed by atoms with Crippen molar-refractivity contribution in [3.8, 4) is 5.75 Å². The number of methoxy groups -OCH3 is 1. The van der Waals surface area contributed by atoms with Crippen LogP contribution in [0.15, 0.2) is 54.6 Å². The highest BCUT2D eigenvalue weighted by atomic mass is 16.6. The van der Waals surface area contributed by atoms with Crippen LogP contribution in [0.1, 0.15) is 36.9 Å². The number of carbonyl (C=O) groups is 1. The zero-order valence-electron chi connectivity index (χ0n) is 16.2. The second-order valence-electron chi connectivity index (χ2n) is 7.16. The first-order valence-electron chi connectivity index (χ1n) is 9.47. The van der Waals surface area contributed by atoms with Gasteiger partial charge in [-0.25, -0.2) is 4.79 Å². The van der Waals surface area contributed by atoms with Crippen LogP contribution in [0, 0.1) is 0 Å². The standard InChI is InChI=1S/C22H27NO5/c1-16(17-8-10-20(27-2)11-9-17)23-13-12-22(28-21(23)26,14-19(25)15-24)18-6-4-3-5-7-18/h3-11,16,19,24-25H,12-15H2,1-2H3/t16-,19+,22-/m0/s1. The molecule has 1 aliphatic rings. The molecular formula is C22H27NO5. The molecule has 2 N–H and O–H groups in total. The number of hydrogen-bond acceptors (Lipinski definition) is 5. The van der Waals surface area contributed by atoms with Crippen molar-refractivity contribution < 1.29 is 24.5 Å². The molecule has 1 saturated heterocycles. The molecule has 1 heterocycles. The number of benzene rings is 2. The summed E-state index contributed by atoms with van der Waals surface area (Å²) >= 11 is 0. The maximum Gasteiger partial charge on any atom is 0.411 e. The van der Waals surface area contributed by atoms with Gasteiger partial charge >= 0.3 is 6.09 Å². The van der Waals surface area contributed by atoms with Crippen LogP contribution in [0.4, 0.5) is 4.79 Å². The van der Waals surface area contributed by atoms with E-state index in [4.69, 9.17) is 9.47 Å². The van der Waals surface area contributed by atoms with E-state index in [0.717, 1.165) is 16.9 Å². The van der Waals surface area contributed by atoms with Crippen LogP contribution in [0.3, 0.4) is 0 Å². The van der Waals surface area contributed by atoms with Crippen LogP contribution in [0.2, 0.25) is 0 Å². The lowest BCUT2D eigenvalue weighted by Gasteiger charge is -2.44. The fourth-order valence-electron chi connectivity index (χ4n) is 3.74. The lowest BCUT2D eigenvalue weighted by molar-refractivity contribution is -0.0892. The van der Waals surface area contributed by atoms with E-state index >= 15 is 0 Å². The molecule has 150 valence electrons. The molecule has 0 spiro atoms. The van der Waals surface area contributed by atoms with Gasteiger partial charge in [0.2, 0.25) is 0 Å². The van der Waals surface area contributed by atoms with Crippen LogP contribution in [0.25, 0.3) is 0 Å².